The van der Waals surface area contributed by atoms with Crippen LogP contribution in [0.1, 0.15) is 6.92 Å². The molecule has 92 valence electrons. The number of aliphatic carboxylic acids is 1. The maximum Gasteiger partial charge on any atom is 0.310 e. The Kier molecular flexibility index (Phi) is 3.63. The molecule has 17 heavy (non-hydrogen) atoms. The first kappa shape index (κ1) is 12.7. The number of hydrogen-bond donors (Lipinski definition) is 1. The van der Waals surface area contributed by atoms with E-state index in [0.29, 0.717) is 11.5 Å². The van der Waals surface area contributed by atoms with Crippen molar-refractivity contribution in [3.63, 3.8) is 0 Å². The van der Waals surface area contributed by atoms with Gasteiger partial charge >= 0.3 is 5.97 Å². The highest BCUT2D eigenvalue weighted by molar-refractivity contribution is 9.13. The zero-order valence-electron chi connectivity index (χ0n) is 8.94. The second-order valence-corrected chi connectivity index (χ2v) is 5.52. The maximum atomic E-state index is 10.9. The predicted octanol–water partition coefficient (Wildman–Crippen LogP) is 3.07. The smallest absolute Gasteiger partial charge is 0.310 e. The van der Waals surface area contributed by atoms with Crippen molar-refractivity contribution in [3.05, 3.63) is 21.1 Å². The number of benzene rings is 1. The Hall–Kier alpha value is -0.750. The number of carbonyl (C=O) groups is 1. The van der Waals surface area contributed by atoms with Gasteiger partial charge in [-0.15, -0.1) is 0 Å². The molecule has 0 spiro atoms. The van der Waals surface area contributed by atoms with Gasteiger partial charge < -0.3 is 14.6 Å². The summed E-state index contributed by atoms with van der Waals surface area (Å²) in [6.07, 6.45) is -0.465. The molecule has 0 saturated carbocycles. The largest absolute Gasteiger partial charge is 0.486 e. The van der Waals surface area contributed by atoms with Gasteiger partial charge in [0.05, 0.1) is 5.92 Å². The van der Waals surface area contributed by atoms with E-state index in [0.717, 1.165) is 8.95 Å². The van der Waals surface area contributed by atoms with Crippen LogP contribution < -0.4 is 9.47 Å². The van der Waals surface area contributed by atoms with Crippen molar-refractivity contribution in [1.29, 1.82) is 0 Å². The molecule has 0 fully saturated rings. The first-order valence-electron chi connectivity index (χ1n) is 5.00. The zero-order valence-corrected chi connectivity index (χ0v) is 12.1. The minimum Gasteiger partial charge on any atom is -0.486 e. The maximum absolute atomic E-state index is 10.9. The van der Waals surface area contributed by atoms with Crippen molar-refractivity contribution in [1.82, 2.24) is 0 Å². The first-order chi connectivity index (χ1) is 7.99. The Labute approximate surface area is 115 Å². The first-order valence-corrected chi connectivity index (χ1v) is 6.59. The summed E-state index contributed by atoms with van der Waals surface area (Å²) in [4.78, 5) is 10.9. The summed E-state index contributed by atoms with van der Waals surface area (Å²) in [5.74, 6) is -0.317. The zero-order chi connectivity index (χ0) is 12.6. The summed E-state index contributed by atoms with van der Waals surface area (Å²) in [5.41, 5.74) is 0. The van der Waals surface area contributed by atoms with Gasteiger partial charge in [-0.1, -0.05) is 0 Å². The van der Waals surface area contributed by atoms with Crippen molar-refractivity contribution in [2.75, 3.05) is 6.61 Å². The average Bonchev–Trinajstić information content (AvgIpc) is 2.29. The van der Waals surface area contributed by atoms with E-state index in [4.69, 9.17) is 14.6 Å². The lowest BCUT2D eigenvalue weighted by atomic mass is 10.1. The topological polar surface area (TPSA) is 55.8 Å². The monoisotopic (exact) mass is 364 g/mol. The number of hydrogen-bond acceptors (Lipinski definition) is 3. The van der Waals surface area contributed by atoms with Gasteiger partial charge in [-0.05, 0) is 50.9 Å². The molecule has 1 heterocycles. The number of carboxylic acids is 1. The van der Waals surface area contributed by atoms with E-state index in [1.165, 1.54) is 0 Å². The van der Waals surface area contributed by atoms with E-state index in [1.807, 2.05) is 0 Å². The van der Waals surface area contributed by atoms with E-state index in [-0.39, 0.29) is 6.61 Å². The lowest BCUT2D eigenvalue weighted by Gasteiger charge is -2.29. The molecule has 0 aliphatic carbocycles. The Bertz CT molecular complexity index is 461. The number of halogens is 2. The van der Waals surface area contributed by atoms with Crippen LogP contribution in [0.4, 0.5) is 0 Å². The fourth-order valence-electron chi connectivity index (χ4n) is 1.49. The van der Waals surface area contributed by atoms with Crippen LogP contribution in [0, 0.1) is 5.92 Å². The second-order valence-electron chi connectivity index (χ2n) is 3.81. The van der Waals surface area contributed by atoms with Gasteiger partial charge in [-0.3, -0.25) is 4.79 Å². The van der Waals surface area contributed by atoms with Gasteiger partial charge in [-0.25, -0.2) is 0 Å². The van der Waals surface area contributed by atoms with Crippen LogP contribution in [-0.4, -0.2) is 23.8 Å². The number of rotatable bonds is 2. The lowest BCUT2D eigenvalue weighted by Crippen LogP contribution is -2.38. The minimum absolute atomic E-state index is 0.245. The molecular weight excluding hydrogens is 356 g/mol. The third-order valence-corrected chi connectivity index (χ3v) is 4.46. The molecule has 2 unspecified atom stereocenters. The second kappa shape index (κ2) is 4.86. The van der Waals surface area contributed by atoms with E-state index >= 15 is 0 Å². The summed E-state index contributed by atoms with van der Waals surface area (Å²) < 4.78 is 12.8. The Morgan fingerprint density at radius 3 is 2.59 bits per heavy atom. The van der Waals surface area contributed by atoms with Gasteiger partial charge in [0, 0.05) is 8.95 Å². The summed E-state index contributed by atoms with van der Waals surface area (Å²) in [7, 11) is 0. The van der Waals surface area contributed by atoms with Crippen molar-refractivity contribution >= 4 is 37.8 Å². The standard InChI is InChI=1S/C11H10Br2O4/c1-5(11(14)15)10-4-16-8-2-6(12)7(13)3-9(8)17-10/h2-3,5,10H,4H2,1H3,(H,14,15). The quantitative estimate of drug-likeness (QED) is 0.875. The van der Waals surface area contributed by atoms with Crippen molar-refractivity contribution in [2.24, 2.45) is 5.92 Å². The van der Waals surface area contributed by atoms with Crippen LogP contribution in [0.3, 0.4) is 0 Å². The Morgan fingerprint density at radius 2 is 2.00 bits per heavy atom. The Balaban J connectivity index is 2.24. The van der Waals surface area contributed by atoms with E-state index in [2.05, 4.69) is 31.9 Å². The predicted molar refractivity (Wildman–Crippen MR) is 68.6 cm³/mol. The van der Waals surface area contributed by atoms with Gasteiger partial charge in [0.2, 0.25) is 0 Å². The summed E-state index contributed by atoms with van der Waals surface area (Å²) in [6, 6.07) is 3.56. The van der Waals surface area contributed by atoms with Gasteiger partial charge in [0.1, 0.15) is 12.7 Å². The number of ether oxygens (including phenoxy) is 2. The van der Waals surface area contributed by atoms with E-state index < -0.39 is 18.0 Å². The molecule has 4 nitrogen and oxygen atoms in total. The normalized spacial score (nSPS) is 19.8. The highest BCUT2D eigenvalue weighted by Crippen LogP contribution is 2.39. The van der Waals surface area contributed by atoms with Crippen molar-refractivity contribution in [3.8, 4) is 11.5 Å². The minimum atomic E-state index is -0.891. The van der Waals surface area contributed by atoms with Crippen LogP contribution in [0.2, 0.25) is 0 Å². The molecule has 1 aromatic rings. The molecule has 2 atom stereocenters. The molecule has 0 aromatic heterocycles. The summed E-state index contributed by atoms with van der Waals surface area (Å²) in [5, 5.41) is 8.93. The molecule has 0 bridgehead atoms. The summed E-state index contributed by atoms with van der Waals surface area (Å²) in [6.45, 7) is 1.85. The van der Waals surface area contributed by atoms with Crippen LogP contribution in [0.25, 0.3) is 0 Å². The number of carboxylic acid groups (broad SMARTS) is 1. The lowest BCUT2D eigenvalue weighted by molar-refractivity contribution is -0.145. The average molecular weight is 366 g/mol. The molecule has 0 radical (unpaired) electrons. The molecule has 2 rings (SSSR count). The van der Waals surface area contributed by atoms with Gasteiger partial charge in [0.15, 0.2) is 11.5 Å². The van der Waals surface area contributed by atoms with Gasteiger partial charge in [0.25, 0.3) is 0 Å². The van der Waals surface area contributed by atoms with E-state index in [9.17, 15) is 4.79 Å². The fourth-order valence-corrected chi connectivity index (χ4v) is 2.13. The molecule has 6 heteroatoms. The SMILES string of the molecule is CC(C(=O)O)C1COc2cc(Br)c(Br)cc2O1. The van der Waals surface area contributed by atoms with E-state index in [1.54, 1.807) is 19.1 Å². The van der Waals surface area contributed by atoms with Crippen LogP contribution in [0.5, 0.6) is 11.5 Å². The third-order valence-electron chi connectivity index (χ3n) is 2.62. The van der Waals surface area contributed by atoms with Gasteiger partial charge in [-0.2, -0.15) is 0 Å². The number of fused-ring (bicyclic) bond motifs is 1. The third kappa shape index (κ3) is 2.57. The molecule has 1 aliphatic rings. The molecule has 0 saturated heterocycles. The summed E-state index contributed by atoms with van der Waals surface area (Å²) >= 11 is 6.73. The van der Waals surface area contributed by atoms with Crippen LogP contribution >= 0.6 is 31.9 Å². The molecular formula is C11H10Br2O4. The molecule has 1 aliphatic heterocycles. The Morgan fingerprint density at radius 1 is 1.41 bits per heavy atom. The van der Waals surface area contributed by atoms with Crippen LogP contribution in [-0.2, 0) is 4.79 Å². The molecule has 1 N–H and O–H groups in total. The highest BCUT2D eigenvalue weighted by Gasteiger charge is 2.30. The fraction of sp³-hybridized carbons (Fsp3) is 0.364. The highest BCUT2D eigenvalue weighted by atomic mass is 79.9. The van der Waals surface area contributed by atoms with Crippen molar-refractivity contribution in [2.45, 2.75) is 13.0 Å². The van der Waals surface area contributed by atoms with Crippen LogP contribution in [0.15, 0.2) is 21.1 Å². The molecule has 0 amide bonds. The van der Waals surface area contributed by atoms with Crippen molar-refractivity contribution < 1.29 is 19.4 Å². The molecule has 1 aromatic carbocycles.